The second-order valence-corrected chi connectivity index (χ2v) is 5.82. The first-order chi connectivity index (χ1) is 11.5. The maximum Gasteiger partial charge on any atom is 0.314 e. The SMILES string of the molecule is CC(C)c1ccc(NC(=O)C(=O)Nc2ccc3nc[nH]c3c2)cc1. The number of imidazole rings is 1. The highest BCUT2D eigenvalue weighted by atomic mass is 16.2. The predicted octanol–water partition coefficient (Wildman–Crippen LogP) is 3.26. The van der Waals surface area contributed by atoms with Crippen molar-refractivity contribution >= 4 is 34.2 Å². The van der Waals surface area contributed by atoms with Crippen LogP contribution < -0.4 is 10.6 Å². The van der Waals surface area contributed by atoms with Crippen LogP contribution in [0, 0.1) is 0 Å². The number of amides is 2. The fourth-order valence-electron chi connectivity index (χ4n) is 2.34. The second kappa shape index (κ2) is 6.54. The Morgan fingerprint density at radius 3 is 2.25 bits per heavy atom. The third-order valence-electron chi connectivity index (χ3n) is 3.72. The minimum absolute atomic E-state index is 0.412. The van der Waals surface area contributed by atoms with Crippen LogP contribution in [0.4, 0.5) is 11.4 Å². The highest BCUT2D eigenvalue weighted by Gasteiger charge is 2.14. The molecule has 0 aliphatic heterocycles. The van der Waals surface area contributed by atoms with Crippen LogP contribution in [0.3, 0.4) is 0 Å². The number of hydrogen-bond acceptors (Lipinski definition) is 3. The fraction of sp³-hybridized carbons (Fsp3) is 0.167. The number of aromatic nitrogens is 2. The van der Waals surface area contributed by atoms with Crippen LogP contribution >= 0.6 is 0 Å². The molecule has 2 amide bonds. The number of nitrogens with zero attached hydrogens (tertiary/aromatic N) is 1. The zero-order valence-corrected chi connectivity index (χ0v) is 13.5. The van der Waals surface area contributed by atoms with Gasteiger partial charge in [0.1, 0.15) is 0 Å². The number of anilines is 2. The number of H-pyrrole nitrogens is 1. The number of benzene rings is 2. The Kier molecular flexibility index (Phi) is 4.29. The van der Waals surface area contributed by atoms with Gasteiger partial charge in [-0.05, 0) is 41.8 Å². The summed E-state index contributed by atoms with van der Waals surface area (Å²) in [5, 5.41) is 5.16. The summed E-state index contributed by atoms with van der Waals surface area (Å²) in [4.78, 5) is 31.1. The number of carbonyl (C=O) groups is 2. The van der Waals surface area contributed by atoms with Crippen molar-refractivity contribution in [1.29, 1.82) is 0 Å². The van der Waals surface area contributed by atoms with Crippen molar-refractivity contribution in [3.8, 4) is 0 Å². The molecule has 6 heteroatoms. The van der Waals surface area contributed by atoms with Crippen molar-refractivity contribution in [1.82, 2.24) is 9.97 Å². The number of aromatic amines is 1. The molecule has 3 N–H and O–H groups in total. The van der Waals surface area contributed by atoms with Gasteiger partial charge < -0.3 is 15.6 Å². The minimum atomic E-state index is -0.721. The topological polar surface area (TPSA) is 86.9 Å². The van der Waals surface area contributed by atoms with E-state index in [0.717, 1.165) is 11.0 Å². The molecule has 2 aromatic carbocycles. The summed E-state index contributed by atoms with van der Waals surface area (Å²) >= 11 is 0. The van der Waals surface area contributed by atoms with Crippen molar-refractivity contribution in [3.05, 3.63) is 54.4 Å². The fourth-order valence-corrected chi connectivity index (χ4v) is 2.34. The van der Waals surface area contributed by atoms with Crippen LogP contribution in [-0.4, -0.2) is 21.8 Å². The van der Waals surface area contributed by atoms with E-state index in [4.69, 9.17) is 0 Å². The van der Waals surface area contributed by atoms with Gasteiger partial charge in [0.15, 0.2) is 0 Å². The number of carbonyl (C=O) groups excluding carboxylic acids is 2. The Morgan fingerprint density at radius 1 is 0.958 bits per heavy atom. The van der Waals surface area contributed by atoms with Crippen molar-refractivity contribution in [2.75, 3.05) is 10.6 Å². The Morgan fingerprint density at radius 2 is 1.58 bits per heavy atom. The highest BCUT2D eigenvalue weighted by molar-refractivity contribution is 6.43. The minimum Gasteiger partial charge on any atom is -0.345 e. The van der Waals surface area contributed by atoms with E-state index in [2.05, 4.69) is 34.4 Å². The van der Waals surface area contributed by atoms with E-state index in [1.165, 1.54) is 5.56 Å². The van der Waals surface area contributed by atoms with Crippen molar-refractivity contribution in [2.24, 2.45) is 0 Å². The highest BCUT2D eigenvalue weighted by Crippen LogP contribution is 2.18. The molecule has 0 atom stereocenters. The first-order valence-electron chi connectivity index (χ1n) is 7.68. The van der Waals surface area contributed by atoms with Crippen molar-refractivity contribution < 1.29 is 9.59 Å². The van der Waals surface area contributed by atoms with Gasteiger partial charge in [-0.25, -0.2) is 4.98 Å². The van der Waals surface area contributed by atoms with Gasteiger partial charge >= 0.3 is 11.8 Å². The molecule has 0 bridgehead atoms. The Bertz CT molecular complexity index is 881. The number of fused-ring (bicyclic) bond motifs is 1. The number of nitrogens with one attached hydrogen (secondary N) is 3. The smallest absolute Gasteiger partial charge is 0.314 e. The van der Waals surface area contributed by atoms with Crippen LogP contribution in [0.5, 0.6) is 0 Å². The molecular weight excluding hydrogens is 304 g/mol. The lowest BCUT2D eigenvalue weighted by molar-refractivity contribution is -0.132. The van der Waals surface area contributed by atoms with E-state index in [1.807, 2.05) is 12.1 Å². The third-order valence-corrected chi connectivity index (χ3v) is 3.72. The molecule has 6 nitrogen and oxygen atoms in total. The van der Waals surface area contributed by atoms with E-state index in [-0.39, 0.29) is 0 Å². The summed E-state index contributed by atoms with van der Waals surface area (Å²) in [7, 11) is 0. The van der Waals surface area contributed by atoms with Crippen molar-refractivity contribution in [3.63, 3.8) is 0 Å². The van der Waals surface area contributed by atoms with Crippen LogP contribution in [-0.2, 0) is 9.59 Å². The molecule has 24 heavy (non-hydrogen) atoms. The average molecular weight is 322 g/mol. The molecule has 0 saturated heterocycles. The molecular formula is C18H18N4O2. The van der Waals surface area contributed by atoms with Gasteiger partial charge in [0.2, 0.25) is 0 Å². The van der Waals surface area contributed by atoms with E-state index in [0.29, 0.717) is 17.3 Å². The monoisotopic (exact) mass is 322 g/mol. The predicted molar refractivity (Wildman–Crippen MR) is 93.9 cm³/mol. The Labute approximate surface area is 139 Å². The first-order valence-corrected chi connectivity index (χ1v) is 7.68. The quantitative estimate of drug-likeness (QED) is 0.647. The molecule has 0 saturated carbocycles. The Balaban J connectivity index is 1.64. The molecule has 0 fully saturated rings. The van der Waals surface area contributed by atoms with Crippen LogP contribution in [0.1, 0.15) is 25.3 Å². The van der Waals surface area contributed by atoms with Gasteiger partial charge in [-0.1, -0.05) is 26.0 Å². The molecule has 0 aliphatic carbocycles. The molecule has 1 aromatic heterocycles. The maximum atomic E-state index is 12.0. The summed E-state index contributed by atoms with van der Waals surface area (Å²) in [6.07, 6.45) is 1.57. The second-order valence-electron chi connectivity index (χ2n) is 5.82. The first kappa shape index (κ1) is 15.7. The Hall–Kier alpha value is -3.15. The zero-order chi connectivity index (χ0) is 17.1. The van der Waals surface area contributed by atoms with Crippen LogP contribution in [0.25, 0.3) is 11.0 Å². The molecule has 122 valence electrons. The molecule has 3 aromatic rings. The summed E-state index contributed by atoms with van der Waals surface area (Å²) in [6, 6.07) is 12.6. The summed E-state index contributed by atoms with van der Waals surface area (Å²) < 4.78 is 0. The molecule has 0 radical (unpaired) electrons. The lowest BCUT2D eigenvalue weighted by atomic mass is 10.0. The van der Waals surface area contributed by atoms with Gasteiger partial charge in [0.25, 0.3) is 0 Å². The van der Waals surface area contributed by atoms with Gasteiger partial charge in [-0.2, -0.15) is 0 Å². The van der Waals surface area contributed by atoms with Crippen LogP contribution in [0.15, 0.2) is 48.8 Å². The summed E-state index contributed by atoms with van der Waals surface area (Å²) in [6.45, 7) is 4.19. The molecule has 1 heterocycles. The van der Waals surface area contributed by atoms with E-state index < -0.39 is 11.8 Å². The normalized spacial score (nSPS) is 10.8. The number of rotatable bonds is 3. The maximum absolute atomic E-state index is 12.0. The lowest BCUT2D eigenvalue weighted by Gasteiger charge is -2.09. The van der Waals surface area contributed by atoms with Gasteiger partial charge in [0.05, 0.1) is 17.4 Å². The van der Waals surface area contributed by atoms with Gasteiger partial charge in [-0.15, -0.1) is 0 Å². The van der Waals surface area contributed by atoms with E-state index in [1.54, 1.807) is 36.7 Å². The average Bonchev–Trinajstić information content (AvgIpc) is 3.03. The van der Waals surface area contributed by atoms with Crippen LogP contribution in [0.2, 0.25) is 0 Å². The third kappa shape index (κ3) is 3.43. The molecule has 0 unspecified atom stereocenters. The van der Waals surface area contributed by atoms with E-state index >= 15 is 0 Å². The summed E-state index contributed by atoms with van der Waals surface area (Å²) in [5.41, 5.74) is 3.87. The molecule has 3 rings (SSSR count). The largest absolute Gasteiger partial charge is 0.345 e. The summed E-state index contributed by atoms with van der Waals surface area (Å²) in [5.74, 6) is -1.02. The lowest BCUT2D eigenvalue weighted by Crippen LogP contribution is -2.29. The van der Waals surface area contributed by atoms with Gasteiger partial charge in [-0.3, -0.25) is 9.59 Å². The van der Waals surface area contributed by atoms with E-state index in [9.17, 15) is 9.59 Å². The standard InChI is InChI=1S/C18H18N4O2/c1-11(2)12-3-5-13(6-4-12)21-17(23)18(24)22-14-7-8-15-16(9-14)20-10-19-15/h3-11H,1-2H3,(H,19,20)(H,21,23)(H,22,24). The van der Waals surface area contributed by atoms with Crippen molar-refractivity contribution in [2.45, 2.75) is 19.8 Å². The van der Waals surface area contributed by atoms with Gasteiger partial charge in [0, 0.05) is 11.4 Å². The number of hydrogen-bond donors (Lipinski definition) is 3. The molecule has 0 spiro atoms. The zero-order valence-electron chi connectivity index (χ0n) is 13.5. The molecule has 0 aliphatic rings.